The largest absolute Gasteiger partial charge is 0.491 e. The molecule has 19 heavy (non-hydrogen) atoms. The van der Waals surface area contributed by atoms with Gasteiger partial charge in [0.05, 0.1) is 5.02 Å². The molecule has 0 spiro atoms. The molecule has 1 atom stereocenters. The lowest BCUT2D eigenvalue weighted by Gasteiger charge is -2.33. The summed E-state index contributed by atoms with van der Waals surface area (Å²) in [5.41, 5.74) is 0. The molecule has 1 unspecified atom stereocenters. The van der Waals surface area contributed by atoms with Crippen molar-refractivity contribution in [3.05, 3.63) is 29.3 Å². The predicted octanol–water partition coefficient (Wildman–Crippen LogP) is 2.79. The molecule has 0 radical (unpaired) electrons. The number of rotatable bonds is 6. The molecule has 1 saturated heterocycles. The maximum Gasteiger partial charge on any atom is 0.137 e. The summed E-state index contributed by atoms with van der Waals surface area (Å²) in [6.45, 7) is 7.18. The average Bonchev–Trinajstić information content (AvgIpc) is 2.46. The van der Waals surface area contributed by atoms with Crippen molar-refractivity contribution in [3.63, 3.8) is 0 Å². The zero-order chi connectivity index (χ0) is 13.5. The van der Waals surface area contributed by atoms with Crippen LogP contribution in [0.2, 0.25) is 5.02 Å². The quantitative estimate of drug-likeness (QED) is 0.868. The van der Waals surface area contributed by atoms with E-state index in [0.717, 1.165) is 31.9 Å². The molecule has 1 aromatic carbocycles. The third-order valence-electron chi connectivity index (χ3n) is 3.67. The molecule has 2 rings (SSSR count). The highest BCUT2D eigenvalue weighted by atomic mass is 35.5. The molecule has 1 aliphatic rings. The van der Waals surface area contributed by atoms with Crippen molar-refractivity contribution in [2.45, 2.75) is 25.8 Å². The van der Waals surface area contributed by atoms with Crippen LogP contribution in [0.3, 0.4) is 0 Å². The van der Waals surface area contributed by atoms with Crippen molar-refractivity contribution in [3.8, 4) is 5.75 Å². The molecule has 1 N–H and O–H groups in total. The van der Waals surface area contributed by atoms with Gasteiger partial charge in [-0.3, -0.25) is 4.90 Å². The standard InChI is InChI=1S/C15H23ClN2O/c1-2-18(13-6-5-9-17-12-13)10-11-19-15-8-4-3-7-14(15)16/h3-4,7-8,13,17H,2,5-6,9-12H2,1H3. The molecule has 0 saturated carbocycles. The monoisotopic (exact) mass is 282 g/mol. The summed E-state index contributed by atoms with van der Waals surface area (Å²) in [6.07, 6.45) is 2.56. The van der Waals surface area contributed by atoms with Crippen LogP contribution in [-0.4, -0.2) is 43.7 Å². The van der Waals surface area contributed by atoms with Crippen molar-refractivity contribution < 1.29 is 4.74 Å². The fourth-order valence-electron chi connectivity index (χ4n) is 2.58. The summed E-state index contributed by atoms with van der Waals surface area (Å²) in [6, 6.07) is 8.29. The SMILES string of the molecule is CCN(CCOc1ccccc1Cl)C1CCCNC1. The Balaban J connectivity index is 1.78. The zero-order valence-electron chi connectivity index (χ0n) is 11.6. The van der Waals surface area contributed by atoms with Crippen LogP contribution < -0.4 is 10.1 Å². The number of hydrogen-bond donors (Lipinski definition) is 1. The second-order valence-electron chi connectivity index (χ2n) is 4.91. The molecule has 1 aliphatic heterocycles. The average molecular weight is 283 g/mol. The molecule has 1 heterocycles. The van der Waals surface area contributed by atoms with Gasteiger partial charge in [-0.05, 0) is 38.1 Å². The van der Waals surface area contributed by atoms with E-state index < -0.39 is 0 Å². The Kier molecular flexibility index (Phi) is 5.95. The first-order valence-corrected chi connectivity index (χ1v) is 7.51. The highest BCUT2D eigenvalue weighted by Crippen LogP contribution is 2.23. The summed E-state index contributed by atoms with van der Waals surface area (Å²) >= 11 is 6.07. The lowest BCUT2D eigenvalue weighted by molar-refractivity contribution is 0.144. The molecular weight excluding hydrogens is 260 g/mol. The number of para-hydroxylation sites is 1. The van der Waals surface area contributed by atoms with E-state index in [1.165, 1.54) is 12.8 Å². The van der Waals surface area contributed by atoms with Crippen molar-refractivity contribution in [2.75, 3.05) is 32.8 Å². The number of nitrogens with one attached hydrogen (secondary N) is 1. The Morgan fingerprint density at radius 3 is 2.95 bits per heavy atom. The fraction of sp³-hybridized carbons (Fsp3) is 0.600. The van der Waals surface area contributed by atoms with Crippen LogP contribution in [0.25, 0.3) is 0 Å². The van der Waals surface area contributed by atoms with E-state index in [2.05, 4.69) is 17.1 Å². The number of likely N-dealkylation sites (N-methyl/N-ethyl adjacent to an activating group) is 1. The normalized spacial score (nSPS) is 19.6. The lowest BCUT2D eigenvalue weighted by atomic mass is 10.1. The Morgan fingerprint density at radius 1 is 1.42 bits per heavy atom. The fourth-order valence-corrected chi connectivity index (χ4v) is 2.77. The Labute approximate surface area is 120 Å². The number of piperidine rings is 1. The van der Waals surface area contributed by atoms with E-state index in [4.69, 9.17) is 16.3 Å². The first kappa shape index (κ1) is 14.6. The van der Waals surface area contributed by atoms with Gasteiger partial charge in [0, 0.05) is 19.1 Å². The van der Waals surface area contributed by atoms with Gasteiger partial charge in [-0.1, -0.05) is 30.7 Å². The number of nitrogens with zero attached hydrogens (tertiary/aromatic N) is 1. The Hall–Kier alpha value is -0.770. The van der Waals surface area contributed by atoms with Gasteiger partial charge in [0.25, 0.3) is 0 Å². The molecule has 1 aromatic rings. The van der Waals surface area contributed by atoms with Gasteiger partial charge in [0.2, 0.25) is 0 Å². The lowest BCUT2D eigenvalue weighted by Crippen LogP contribution is -2.47. The summed E-state index contributed by atoms with van der Waals surface area (Å²) in [5.74, 6) is 0.780. The zero-order valence-corrected chi connectivity index (χ0v) is 12.3. The minimum absolute atomic E-state index is 0.647. The summed E-state index contributed by atoms with van der Waals surface area (Å²) in [4.78, 5) is 2.49. The molecule has 0 amide bonds. The third kappa shape index (κ3) is 4.37. The number of halogens is 1. The van der Waals surface area contributed by atoms with E-state index in [9.17, 15) is 0 Å². The predicted molar refractivity (Wildman–Crippen MR) is 80.1 cm³/mol. The summed E-state index contributed by atoms with van der Waals surface area (Å²) in [5, 5.41) is 4.15. The number of benzene rings is 1. The molecule has 4 heteroatoms. The maximum absolute atomic E-state index is 6.07. The molecule has 0 aliphatic carbocycles. The molecule has 3 nitrogen and oxygen atoms in total. The van der Waals surface area contributed by atoms with E-state index in [1.54, 1.807) is 0 Å². The van der Waals surface area contributed by atoms with Gasteiger partial charge in [-0.15, -0.1) is 0 Å². The third-order valence-corrected chi connectivity index (χ3v) is 3.98. The van der Waals surface area contributed by atoms with Gasteiger partial charge in [-0.2, -0.15) is 0 Å². The molecular formula is C15H23ClN2O. The second kappa shape index (κ2) is 7.73. The first-order valence-electron chi connectivity index (χ1n) is 7.13. The molecule has 1 fully saturated rings. The summed E-state index contributed by atoms with van der Waals surface area (Å²) < 4.78 is 5.77. The molecule has 0 bridgehead atoms. The van der Waals surface area contributed by atoms with Crippen LogP contribution in [0.5, 0.6) is 5.75 Å². The number of ether oxygens (including phenoxy) is 1. The Bertz CT molecular complexity index is 380. The van der Waals surface area contributed by atoms with Crippen molar-refractivity contribution in [1.29, 1.82) is 0 Å². The highest BCUT2D eigenvalue weighted by molar-refractivity contribution is 6.32. The Morgan fingerprint density at radius 2 is 2.26 bits per heavy atom. The van der Waals surface area contributed by atoms with E-state index >= 15 is 0 Å². The molecule has 106 valence electrons. The van der Waals surface area contributed by atoms with Crippen LogP contribution in [0, 0.1) is 0 Å². The van der Waals surface area contributed by atoms with Crippen molar-refractivity contribution in [1.82, 2.24) is 10.2 Å². The van der Waals surface area contributed by atoms with Crippen LogP contribution in [0.15, 0.2) is 24.3 Å². The van der Waals surface area contributed by atoms with Crippen LogP contribution in [0.4, 0.5) is 0 Å². The maximum atomic E-state index is 6.07. The minimum Gasteiger partial charge on any atom is -0.491 e. The van der Waals surface area contributed by atoms with Crippen molar-refractivity contribution in [2.24, 2.45) is 0 Å². The smallest absolute Gasteiger partial charge is 0.137 e. The van der Waals surface area contributed by atoms with Crippen LogP contribution in [0.1, 0.15) is 19.8 Å². The van der Waals surface area contributed by atoms with Gasteiger partial charge in [0.1, 0.15) is 12.4 Å². The van der Waals surface area contributed by atoms with Gasteiger partial charge in [0.15, 0.2) is 0 Å². The van der Waals surface area contributed by atoms with Gasteiger partial charge < -0.3 is 10.1 Å². The van der Waals surface area contributed by atoms with Gasteiger partial charge >= 0.3 is 0 Å². The van der Waals surface area contributed by atoms with Gasteiger partial charge in [-0.25, -0.2) is 0 Å². The van der Waals surface area contributed by atoms with Crippen LogP contribution in [-0.2, 0) is 0 Å². The summed E-state index contributed by atoms with van der Waals surface area (Å²) in [7, 11) is 0. The topological polar surface area (TPSA) is 24.5 Å². The van der Waals surface area contributed by atoms with Crippen molar-refractivity contribution >= 4 is 11.6 Å². The van der Waals surface area contributed by atoms with E-state index in [0.29, 0.717) is 17.7 Å². The van der Waals surface area contributed by atoms with E-state index in [1.807, 2.05) is 24.3 Å². The second-order valence-corrected chi connectivity index (χ2v) is 5.31. The first-order chi connectivity index (χ1) is 9.31. The number of hydrogen-bond acceptors (Lipinski definition) is 3. The molecule has 0 aromatic heterocycles. The van der Waals surface area contributed by atoms with E-state index in [-0.39, 0.29) is 0 Å². The van der Waals surface area contributed by atoms with Crippen LogP contribution >= 0.6 is 11.6 Å². The minimum atomic E-state index is 0.647. The highest BCUT2D eigenvalue weighted by Gasteiger charge is 2.19.